The smallest absolute Gasteiger partial charge is 0.106 e. The number of rotatable bonds is 4. The number of hydrogen-bond donors (Lipinski definition) is 2. The lowest BCUT2D eigenvalue weighted by molar-refractivity contribution is 1.13. The maximum Gasteiger partial charge on any atom is 0.106 e. The first-order valence-corrected chi connectivity index (χ1v) is 7.68. The van der Waals surface area contributed by atoms with Crippen molar-refractivity contribution in [3.05, 3.63) is 57.6 Å². The van der Waals surface area contributed by atoms with E-state index in [4.69, 9.17) is 18.0 Å². The van der Waals surface area contributed by atoms with Gasteiger partial charge in [0.2, 0.25) is 0 Å². The molecule has 0 unspecified atom stereocenters. The largest absolute Gasteiger partial charge is 0.389 e. The molecule has 0 atom stereocenters. The molecule has 2 nitrogen and oxygen atoms in total. The maximum atomic E-state index is 5.80. The number of para-hydroxylation sites is 1. The number of halogens is 1. The zero-order valence-corrected chi connectivity index (χ0v) is 13.9. The van der Waals surface area contributed by atoms with Crippen LogP contribution in [0.3, 0.4) is 0 Å². The van der Waals surface area contributed by atoms with Crippen molar-refractivity contribution in [1.29, 1.82) is 0 Å². The van der Waals surface area contributed by atoms with Gasteiger partial charge in [0, 0.05) is 21.4 Å². The lowest BCUT2D eigenvalue weighted by Gasteiger charge is -2.17. The highest BCUT2D eigenvalue weighted by Crippen LogP contribution is 2.29. The molecule has 0 saturated heterocycles. The summed E-state index contributed by atoms with van der Waals surface area (Å²) in [5.41, 5.74) is 11.2. The van der Waals surface area contributed by atoms with Gasteiger partial charge in [-0.2, -0.15) is 0 Å². The van der Waals surface area contributed by atoms with Crippen molar-refractivity contribution in [3.63, 3.8) is 0 Å². The van der Waals surface area contributed by atoms with Gasteiger partial charge in [-0.1, -0.05) is 53.3 Å². The molecule has 104 valence electrons. The second-order valence-electron chi connectivity index (χ2n) is 4.64. The van der Waals surface area contributed by atoms with E-state index in [1.54, 1.807) is 0 Å². The molecule has 0 fully saturated rings. The molecule has 4 heteroatoms. The van der Waals surface area contributed by atoms with Crippen molar-refractivity contribution in [2.75, 3.05) is 5.32 Å². The predicted octanol–water partition coefficient (Wildman–Crippen LogP) is 4.70. The highest BCUT2D eigenvalue weighted by atomic mass is 79.9. The van der Waals surface area contributed by atoms with E-state index in [0.29, 0.717) is 4.99 Å². The van der Waals surface area contributed by atoms with Crippen LogP contribution in [0.5, 0.6) is 0 Å². The van der Waals surface area contributed by atoms with E-state index >= 15 is 0 Å². The second-order valence-corrected chi connectivity index (χ2v) is 6.00. The van der Waals surface area contributed by atoms with Crippen LogP contribution in [-0.2, 0) is 6.42 Å². The molecule has 0 heterocycles. The maximum absolute atomic E-state index is 5.80. The van der Waals surface area contributed by atoms with E-state index in [-0.39, 0.29) is 0 Å². The summed E-state index contributed by atoms with van der Waals surface area (Å²) in [5, 5.41) is 3.48. The summed E-state index contributed by atoms with van der Waals surface area (Å²) in [7, 11) is 0. The molecule has 2 rings (SSSR count). The van der Waals surface area contributed by atoms with Crippen LogP contribution in [0.4, 0.5) is 11.4 Å². The van der Waals surface area contributed by atoms with Gasteiger partial charge in [-0.15, -0.1) is 0 Å². The molecule has 0 spiro atoms. The van der Waals surface area contributed by atoms with E-state index in [1.165, 1.54) is 11.1 Å². The molecule has 0 aliphatic carbocycles. The number of nitrogens with two attached hydrogens (primary N) is 1. The molecule has 0 amide bonds. The van der Waals surface area contributed by atoms with Crippen LogP contribution in [0.25, 0.3) is 0 Å². The molecule has 2 aromatic rings. The number of aryl methyl sites for hydroxylation is 2. The molecule has 0 radical (unpaired) electrons. The second kappa shape index (κ2) is 6.37. The average molecular weight is 349 g/mol. The van der Waals surface area contributed by atoms with Crippen molar-refractivity contribution in [2.45, 2.75) is 20.3 Å². The standard InChI is InChI=1S/C16H17BrN2S/c1-3-11-6-4-5-10(2)15(11)19-14-9-12(17)7-8-13(14)16(18)20/h4-9,19H,3H2,1-2H3,(H2,18,20). The summed E-state index contributed by atoms with van der Waals surface area (Å²) in [4.78, 5) is 0.395. The zero-order chi connectivity index (χ0) is 14.7. The fraction of sp³-hybridized carbons (Fsp3) is 0.188. The van der Waals surface area contributed by atoms with Crippen molar-refractivity contribution in [2.24, 2.45) is 5.73 Å². The number of hydrogen-bond acceptors (Lipinski definition) is 2. The average Bonchev–Trinajstić information content (AvgIpc) is 2.40. The molecule has 2 aromatic carbocycles. The van der Waals surface area contributed by atoms with Crippen molar-refractivity contribution < 1.29 is 0 Å². The van der Waals surface area contributed by atoms with E-state index in [2.05, 4.69) is 53.3 Å². The van der Waals surface area contributed by atoms with Crippen LogP contribution in [0, 0.1) is 6.92 Å². The minimum Gasteiger partial charge on any atom is -0.389 e. The topological polar surface area (TPSA) is 38.0 Å². The van der Waals surface area contributed by atoms with Crippen LogP contribution < -0.4 is 11.1 Å². The van der Waals surface area contributed by atoms with Gasteiger partial charge in [0.25, 0.3) is 0 Å². The fourth-order valence-electron chi connectivity index (χ4n) is 2.17. The molecule has 0 bridgehead atoms. The van der Waals surface area contributed by atoms with Gasteiger partial charge < -0.3 is 11.1 Å². The van der Waals surface area contributed by atoms with Gasteiger partial charge in [0.15, 0.2) is 0 Å². The minimum absolute atomic E-state index is 0.395. The summed E-state index contributed by atoms with van der Waals surface area (Å²) >= 11 is 8.61. The normalized spacial score (nSPS) is 10.3. The molecular weight excluding hydrogens is 332 g/mol. The predicted molar refractivity (Wildman–Crippen MR) is 93.9 cm³/mol. The number of nitrogens with one attached hydrogen (secondary N) is 1. The van der Waals surface area contributed by atoms with Crippen molar-refractivity contribution in [3.8, 4) is 0 Å². The van der Waals surface area contributed by atoms with Crippen molar-refractivity contribution in [1.82, 2.24) is 0 Å². The lowest BCUT2D eigenvalue weighted by Crippen LogP contribution is -2.12. The highest BCUT2D eigenvalue weighted by Gasteiger charge is 2.10. The van der Waals surface area contributed by atoms with Gasteiger partial charge in [-0.3, -0.25) is 0 Å². The van der Waals surface area contributed by atoms with Crippen LogP contribution in [0.15, 0.2) is 40.9 Å². The SMILES string of the molecule is CCc1cccc(C)c1Nc1cc(Br)ccc1C(N)=S. The Kier molecular flexibility index (Phi) is 4.78. The van der Waals surface area contributed by atoms with E-state index < -0.39 is 0 Å². The fourth-order valence-corrected chi connectivity index (χ4v) is 2.71. The molecular formula is C16H17BrN2S. The molecule has 0 aliphatic heterocycles. The van der Waals surface area contributed by atoms with Crippen molar-refractivity contribution >= 4 is 44.5 Å². The molecule has 3 N–H and O–H groups in total. The zero-order valence-electron chi connectivity index (χ0n) is 11.5. The van der Waals surface area contributed by atoms with Crippen LogP contribution >= 0.6 is 28.1 Å². The molecule has 20 heavy (non-hydrogen) atoms. The van der Waals surface area contributed by atoms with Crippen LogP contribution in [0.2, 0.25) is 0 Å². The first kappa shape index (κ1) is 15.0. The number of benzene rings is 2. The van der Waals surface area contributed by atoms with Gasteiger partial charge in [-0.25, -0.2) is 0 Å². The Labute approximate surface area is 133 Å². The number of thiocarbonyl (C=S) groups is 1. The Morgan fingerprint density at radius 2 is 2.05 bits per heavy atom. The highest BCUT2D eigenvalue weighted by molar-refractivity contribution is 9.10. The Balaban J connectivity index is 2.50. The summed E-state index contributed by atoms with van der Waals surface area (Å²) in [5.74, 6) is 0. The molecule has 0 aromatic heterocycles. The first-order valence-electron chi connectivity index (χ1n) is 6.47. The quantitative estimate of drug-likeness (QED) is 0.786. The monoisotopic (exact) mass is 348 g/mol. The van der Waals surface area contributed by atoms with Crippen LogP contribution in [0.1, 0.15) is 23.6 Å². The third kappa shape index (κ3) is 3.19. The summed E-state index contributed by atoms with van der Waals surface area (Å²) in [6.07, 6.45) is 0.973. The Morgan fingerprint density at radius 1 is 1.30 bits per heavy atom. The molecule has 0 saturated carbocycles. The Morgan fingerprint density at radius 3 is 2.70 bits per heavy atom. The van der Waals surface area contributed by atoms with Gasteiger partial charge in [-0.05, 0) is 42.7 Å². The van der Waals surface area contributed by atoms with Gasteiger partial charge in [0.1, 0.15) is 4.99 Å². The third-order valence-electron chi connectivity index (χ3n) is 3.25. The summed E-state index contributed by atoms with van der Waals surface area (Å²) < 4.78 is 0.992. The number of anilines is 2. The first-order chi connectivity index (χ1) is 9.52. The Bertz CT molecular complexity index is 653. The Hall–Kier alpha value is -1.39. The van der Waals surface area contributed by atoms with Gasteiger partial charge in [0.05, 0.1) is 0 Å². The third-order valence-corrected chi connectivity index (χ3v) is 3.96. The lowest BCUT2D eigenvalue weighted by atomic mass is 10.0. The van der Waals surface area contributed by atoms with E-state index in [9.17, 15) is 0 Å². The van der Waals surface area contributed by atoms with Gasteiger partial charge >= 0.3 is 0 Å². The summed E-state index contributed by atoms with van der Waals surface area (Å²) in [6.45, 7) is 4.25. The summed E-state index contributed by atoms with van der Waals surface area (Å²) in [6, 6.07) is 12.2. The molecule has 0 aliphatic rings. The van der Waals surface area contributed by atoms with E-state index in [0.717, 1.165) is 27.8 Å². The van der Waals surface area contributed by atoms with Crippen LogP contribution in [-0.4, -0.2) is 4.99 Å². The van der Waals surface area contributed by atoms with E-state index in [1.807, 2.05) is 18.2 Å². The minimum atomic E-state index is 0.395.